The van der Waals surface area contributed by atoms with E-state index in [0.717, 1.165) is 38.6 Å². The highest BCUT2D eigenvalue weighted by Gasteiger charge is 2.07. The lowest BCUT2D eigenvalue weighted by atomic mass is 10.1. The topological polar surface area (TPSA) is 50.8 Å². The monoisotopic (exact) mass is 443 g/mol. The molecule has 0 bridgehead atoms. The summed E-state index contributed by atoms with van der Waals surface area (Å²) in [5.41, 5.74) is 3.29. The number of fused-ring (bicyclic) bond motifs is 1. The van der Waals surface area contributed by atoms with Gasteiger partial charge in [0.2, 0.25) is 0 Å². The highest BCUT2D eigenvalue weighted by molar-refractivity contribution is 7.99. The van der Waals surface area contributed by atoms with Crippen molar-refractivity contribution in [3.05, 3.63) is 77.6 Å². The maximum Gasteiger partial charge on any atom is 0.166 e. The van der Waals surface area contributed by atoms with Crippen molar-refractivity contribution in [3.8, 4) is 5.75 Å². The first-order chi connectivity index (χ1) is 14.6. The molecule has 154 valence electrons. The predicted molar refractivity (Wildman–Crippen MR) is 117 cm³/mol. The van der Waals surface area contributed by atoms with Gasteiger partial charge in [0.15, 0.2) is 5.16 Å². The number of pyridine rings is 1. The van der Waals surface area contributed by atoms with Crippen LogP contribution in [0.5, 0.6) is 5.75 Å². The van der Waals surface area contributed by atoms with E-state index in [9.17, 15) is 8.78 Å². The third-order valence-corrected chi connectivity index (χ3v) is 6.37. The minimum Gasteiger partial charge on any atom is -0.497 e. The summed E-state index contributed by atoms with van der Waals surface area (Å²) in [4.78, 5) is 13.4. The van der Waals surface area contributed by atoms with Crippen LogP contribution < -0.4 is 4.74 Å². The summed E-state index contributed by atoms with van der Waals surface area (Å²) < 4.78 is 32.0. The molecule has 4 aromatic rings. The van der Waals surface area contributed by atoms with E-state index in [-0.39, 0.29) is 0 Å². The number of hydrogen-bond donors (Lipinski definition) is 1. The van der Waals surface area contributed by atoms with Crippen molar-refractivity contribution in [2.24, 2.45) is 0 Å². The molecule has 0 saturated heterocycles. The Balaban J connectivity index is 1.34. The lowest BCUT2D eigenvalue weighted by Gasteiger charge is -2.05. The van der Waals surface area contributed by atoms with Crippen LogP contribution in [-0.4, -0.2) is 27.8 Å². The Hall–Kier alpha value is -2.58. The number of benzene rings is 2. The molecule has 1 N–H and O–H groups in total. The SMILES string of the molecule is COc1ccc2nc(SCc3cc(SCCc4ccc(F)cc4F)ccn3)[nH]c2c1. The van der Waals surface area contributed by atoms with E-state index < -0.39 is 11.6 Å². The summed E-state index contributed by atoms with van der Waals surface area (Å²) in [5, 5.41) is 0.824. The molecule has 0 aliphatic heterocycles. The second-order valence-corrected chi connectivity index (χ2v) is 8.66. The van der Waals surface area contributed by atoms with Gasteiger partial charge in [-0.3, -0.25) is 4.98 Å². The zero-order valence-electron chi connectivity index (χ0n) is 16.2. The zero-order chi connectivity index (χ0) is 20.9. The summed E-state index contributed by atoms with van der Waals surface area (Å²) in [5.74, 6) is 1.12. The van der Waals surface area contributed by atoms with Crippen LogP contribution in [0, 0.1) is 11.6 Å². The van der Waals surface area contributed by atoms with Gasteiger partial charge in [-0.05, 0) is 42.3 Å². The molecule has 8 heteroatoms. The Kier molecular flexibility index (Phi) is 6.54. The molecule has 2 aromatic heterocycles. The van der Waals surface area contributed by atoms with Crippen LogP contribution in [0.2, 0.25) is 0 Å². The van der Waals surface area contributed by atoms with E-state index in [2.05, 4.69) is 15.0 Å². The first-order valence-electron chi connectivity index (χ1n) is 9.29. The van der Waals surface area contributed by atoms with Crippen molar-refractivity contribution < 1.29 is 13.5 Å². The van der Waals surface area contributed by atoms with Crippen molar-refractivity contribution >= 4 is 34.6 Å². The fourth-order valence-corrected chi connectivity index (χ4v) is 4.65. The number of halogens is 2. The molecule has 0 aliphatic rings. The summed E-state index contributed by atoms with van der Waals surface area (Å²) in [6, 6.07) is 13.4. The van der Waals surface area contributed by atoms with Gasteiger partial charge in [-0.1, -0.05) is 17.8 Å². The van der Waals surface area contributed by atoms with Gasteiger partial charge in [-0.2, -0.15) is 0 Å². The van der Waals surface area contributed by atoms with Crippen LogP contribution in [0.15, 0.2) is 64.8 Å². The molecule has 0 fully saturated rings. The number of aryl methyl sites for hydroxylation is 1. The maximum atomic E-state index is 13.7. The van der Waals surface area contributed by atoms with Gasteiger partial charge in [0, 0.05) is 34.7 Å². The summed E-state index contributed by atoms with van der Waals surface area (Å²) in [7, 11) is 1.64. The molecule has 4 nitrogen and oxygen atoms in total. The number of thioether (sulfide) groups is 2. The number of methoxy groups -OCH3 is 1. The number of nitrogens with zero attached hydrogens (tertiary/aromatic N) is 2. The van der Waals surface area contributed by atoms with Crippen molar-refractivity contribution in [3.63, 3.8) is 0 Å². The predicted octanol–water partition coefficient (Wildman–Crippen LogP) is 5.87. The minimum atomic E-state index is -0.552. The van der Waals surface area contributed by atoms with E-state index in [1.54, 1.807) is 36.8 Å². The second kappa shape index (κ2) is 9.49. The van der Waals surface area contributed by atoms with Crippen molar-refractivity contribution in [1.29, 1.82) is 0 Å². The largest absolute Gasteiger partial charge is 0.497 e. The molecule has 30 heavy (non-hydrogen) atoms. The Morgan fingerprint density at radius 3 is 2.77 bits per heavy atom. The molecule has 0 saturated carbocycles. The Labute approximate surface area is 181 Å². The number of aromatic nitrogens is 3. The average Bonchev–Trinajstić information content (AvgIpc) is 3.16. The summed E-state index contributed by atoms with van der Waals surface area (Å²) >= 11 is 3.21. The van der Waals surface area contributed by atoms with E-state index in [1.165, 1.54) is 12.1 Å². The van der Waals surface area contributed by atoms with Gasteiger partial charge in [0.25, 0.3) is 0 Å². The van der Waals surface area contributed by atoms with Crippen LogP contribution >= 0.6 is 23.5 Å². The third-order valence-electron chi connectivity index (χ3n) is 4.47. The van der Waals surface area contributed by atoms with E-state index in [4.69, 9.17) is 4.74 Å². The van der Waals surface area contributed by atoms with Gasteiger partial charge in [-0.15, -0.1) is 11.8 Å². The van der Waals surface area contributed by atoms with Crippen LogP contribution in [0.3, 0.4) is 0 Å². The van der Waals surface area contributed by atoms with Gasteiger partial charge < -0.3 is 9.72 Å². The van der Waals surface area contributed by atoms with Crippen molar-refractivity contribution in [1.82, 2.24) is 15.0 Å². The van der Waals surface area contributed by atoms with Gasteiger partial charge in [0.05, 0.1) is 23.8 Å². The van der Waals surface area contributed by atoms with Gasteiger partial charge in [-0.25, -0.2) is 13.8 Å². The summed E-state index contributed by atoms with van der Waals surface area (Å²) in [6.45, 7) is 0. The smallest absolute Gasteiger partial charge is 0.166 e. The van der Waals surface area contributed by atoms with Crippen molar-refractivity contribution in [2.45, 2.75) is 22.2 Å². The summed E-state index contributed by atoms with van der Waals surface area (Å²) in [6.07, 6.45) is 2.31. The Bertz CT molecular complexity index is 1170. The van der Waals surface area contributed by atoms with Crippen molar-refractivity contribution in [2.75, 3.05) is 12.9 Å². The first-order valence-corrected chi connectivity index (χ1v) is 11.3. The molecule has 4 rings (SSSR count). The number of aromatic amines is 1. The lowest BCUT2D eigenvalue weighted by molar-refractivity contribution is 0.415. The Morgan fingerprint density at radius 1 is 1.03 bits per heavy atom. The van der Waals surface area contributed by atoms with Crippen LogP contribution in [0.4, 0.5) is 8.78 Å². The van der Waals surface area contributed by atoms with Crippen LogP contribution in [-0.2, 0) is 12.2 Å². The fourth-order valence-electron chi connectivity index (χ4n) is 2.93. The number of rotatable bonds is 8. The van der Waals surface area contributed by atoms with Crippen LogP contribution in [0.25, 0.3) is 11.0 Å². The highest BCUT2D eigenvalue weighted by Crippen LogP contribution is 2.26. The highest BCUT2D eigenvalue weighted by atomic mass is 32.2. The normalized spacial score (nSPS) is 11.2. The average molecular weight is 444 g/mol. The van der Waals surface area contributed by atoms with E-state index in [1.807, 2.05) is 30.3 Å². The standard InChI is InChI=1S/C22H19F2N3OS2/c1-28-17-4-5-20-21(12-17)27-22(26-20)30-13-16-11-18(6-8-25-16)29-9-7-14-2-3-15(23)10-19(14)24/h2-6,8,10-12H,7,9,13H2,1H3,(H,26,27). The number of hydrogen-bond acceptors (Lipinski definition) is 5. The molecule has 2 heterocycles. The molecule has 0 spiro atoms. The molecule has 0 amide bonds. The third kappa shape index (κ3) is 5.12. The molecule has 0 radical (unpaired) electrons. The number of H-pyrrole nitrogens is 1. The van der Waals surface area contributed by atoms with E-state index in [0.29, 0.717) is 23.5 Å². The zero-order valence-corrected chi connectivity index (χ0v) is 17.8. The molecule has 2 aromatic carbocycles. The molecule has 0 unspecified atom stereocenters. The molecule has 0 atom stereocenters. The quantitative estimate of drug-likeness (QED) is 0.345. The maximum absolute atomic E-state index is 13.7. The number of ether oxygens (including phenoxy) is 1. The first kappa shape index (κ1) is 20.7. The molecule has 0 aliphatic carbocycles. The van der Waals surface area contributed by atoms with Gasteiger partial charge in [0.1, 0.15) is 17.4 Å². The lowest BCUT2D eigenvalue weighted by Crippen LogP contribution is -1.94. The second-order valence-electron chi connectivity index (χ2n) is 6.53. The number of nitrogens with one attached hydrogen (secondary N) is 1. The van der Waals surface area contributed by atoms with Crippen LogP contribution in [0.1, 0.15) is 11.3 Å². The van der Waals surface area contributed by atoms with Gasteiger partial charge >= 0.3 is 0 Å². The molecular formula is C22H19F2N3OS2. The minimum absolute atomic E-state index is 0.495. The molecular weight excluding hydrogens is 424 g/mol. The Morgan fingerprint density at radius 2 is 1.93 bits per heavy atom. The fraction of sp³-hybridized carbons (Fsp3) is 0.182. The van der Waals surface area contributed by atoms with E-state index >= 15 is 0 Å². The number of imidazole rings is 1.